The SMILES string of the molecule is CCCCOCCCNC(=NC)NCC(=O)NCCOC.I. The molecule has 8 heteroatoms. The zero-order chi connectivity index (χ0) is 15.8. The van der Waals surface area contributed by atoms with E-state index in [2.05, 4.69) is 27.9 Å². The van der Waals surface area contributed by atoms with Crippen molar-refractivity contribution < 1.29 is 14.3 Å². The molecule has 3 N–H and O–H groups in total. The molecule has 0 unspecified atom stereocenters. The molecular formula is C14H31IN4O3. The van der Waals surface area contributed by atoms with E-state index in [0.717, 1.165) is 39.0 Å². The number of aliphatic imine (C=N–C) groups is 1. The van der Waals surface area contributed by atoms with Crippen LogP contribution in [0, 0.1) is 0 Å². The van der Waals surface area contributed by atoms with Crippen molar-refractivity contribution in [2.75, 3.05) is 53.6 Å². The quantitative estimate of drug-likeness (QED) is 0.184. The van der Waals surface area contributed by atoms with Gasteiger partial charge in [-0.2, -0.15) is 0 Å². The highest BCUT2D eigenvalue weighted by molar-refractivity contribution is 14.0. The van der Waals surface area contributed by atoms with Crippen molar-refractivity contribution in [3.8, 4) is 0 Å². The van der Waals surface area contributed by atoms with Crippen molar-refractivity contribution in [1.82, 2.24) is 16.0 Å². The van der Waals surface area contributed by atoms with Gasteiger partial charge in [-0.15, -0.1) is 24.0 Å². The molecule has 1 amide bonds. The van der Waals surface area contributed by atoms with Gasteiger partial charge in [0.05, 0.1) is 13.2 Å². The standard InChI is InChI=1S/C14H30N4O3.HI/c1-4-5-9-21-10-6-7-17-14(15-2)18-12-13(19)16-8-11-20-3;/h4-12H2,1-3H3,(H,16,19)(H2,15,17,18);1H. The molecule has 0 aliphatic heterocycles. The largest absolute Gasteiger partial charge is 0.383 e. The summed E-state index contributed by atoms with van der Waals surface area (Å²) in [6.07, 6.45) is 3.17. The minimum absolute atomic E-state index is 0. The van der Waals surface area contributed by atoms with Gasteiger partial charge in [-0.3, -0.25) is 9.79 Å². The second kappa shape index (κ2) is 18.4. The molecule has 0 aromatic rings. The second-order valence-electron chi connectivity index (χ2n) is 4.51. The first kappa shape index (κ1) is 23.7. The van der Waals surface area contributed by atoms with Gasteiger partial charge in [0, 0.05) is 40.5 Å². The van der Waals surface area contributed by atoms with Crippen LogP contribution in [0.5, 0.6) is 0 Å². The highest BCUT2D eigenvalue weighted by atomic mass is 127. The van der Waals surface area contributed by atoms with Crippen LogP contribution < -0.4 is 16.0 Å². The van der Waals surface area contributed by atoms with Crippen LogP contribution in [0.25, 0.3) is 0 Å². The summed E-state index contributed by atoms with van der Waals surface area (Å²) >= 11 is 0. The Hall–Kier alpha value is -0.610. The van der Waals surface area contributed by atoms with Gasteiger partial charge in [0.1, 0.15) is 0 Å². The van der Waals surface area contributed by atoms with Gasteiger partial charge in [-0.05, 0) is 12.8 Å². The third kappa shape index (κ3) is 15.8. The Bertz CT molecular complexity index is 291. The lowest BCUT2D eigenvalue weighted by molar-refractivity contribution is -0.120. The number of methoxy groups -OCH3 is 1. The number of nitrogens with zero attached hydrogens (tertiary/aromatic N) is 1. The average Bonchev–Trinajstić information content (AvgIpc) is 2.49. The number of carbonyl (C=O) groups is 1. The van der Waals surface area contributed by atoms with Crippen LogP contribution >= 0.6 is 24.0 Å². The predicted molar refractivity (Wildman–Crippen MR) is 100 cm³/mol. The van der Waals surface area contributed by atoms with E-state index < -0.39 is 0 Å². The maximum atomic E-state index is 11.5. The molecule has 7 nitrogen and oxygen atoms in total. The van der Waals surface area contributed by atoms with Crippen molar-refractivity contribution in [1.29, 1.82) is 0 Å². The topological polar surface area (TPSA) is 84.0 Å². The Morgan fingerprint density at radius 3 is 2.41 bits per heavy atom. The fraction of sp³-hybridized carbons (Fsp3) is 0.857. The zero-order valence-corrected chi connectivity index (χ0v) is 16.3. The Morgan fingerprint density at radius 2 is 1.77 bits per heavy atom. The number of hydrogen-bond donors (Lipinski definition) is 3. The normalized spacial score (nSPS) is 10.8. The van der Waals surface area contributed by atoms with Crippen LogP contribution in [0.1, 0.15) is 26.2 Å². The van der Waals surface area contributed by atoms with Crippen molar-refractivity contribution in [2.24, 2.45) is 4.99 Å². The summed E-state index contributed by atoms with van der Waals surface area (Å²) in [5, 5.41) is 8.82. The van der Waals surface area contributed by atoms with Gasteiger partial charge in [-0.1, -0.05) is 13.3 Å². The number of unbranched alkanes of at least 4 members (excludes halogenated alkanes) is 1. The molecule has 0 radical (unpaired) electrons. The van der Waals surface area contributed by atoms with E-state index >= 15 is 0 Å². The van der Waals surface area contributed by atoms with Gasteiger partial charge in [-0.25, -0.2) is 0 Å². The molecule has 0 saturated heterocycles. The molecule has 0 atom stereocenters. The van der Waals surface area contributed by atoms with E-state index in [9.17, 15) is 4.79 Å². The number of amides is 1. The molecular weight excluding hydrogens is 399 g/mol. The Labute approximate surface area is 151 Å². The second-order valence-corrected chi connectivity index (χ2v) is 4.51. The first-order valence-electron chi connectivity index (χ1n) is 7.52. The smallest absolute Gasteiger partial charge is 0.239 e. The highest BCUT2D eigenvalue weighted by Gasteiger charge is 2.02. The van der Waals surface area contributed by atoms with Crippen LogP contribution in [-0.4, -0.2) is 65.5 Å². The summed E-state index contributed by atoms with van der Waals surface area (Å²) < 4.78 is 10.3. The summed E-state index contributed by atoms with van der Waals surface area (Å²) in [6, 6.07) is 0. The highest BCUT2D eigenvalue weighted by Crippen LogP contribution is 1.89. The van der Waals surface area contributed by atoms with Crippen molar-refractivity contribution >= 4 is 35.8 Å². The van der Waals surface area contributed by atoms with E-state index in [-0.39, 0.29) is 36.4 Å². The van der Waals surface area contributed by atoms with E-state index in [1.54, 1.807) is 14.2 Å². The number of carbonyl (C=O) groups excluding carboxylic acids is 1. The molecule has 0 aromatic heterocycles. The van der Waals surface area contributed by atoms with Crippen molar-refractivity contribution in [2.45, 2.75) is 26.2 Å². The lowest BCUT2D eigenvalue weighted by Gasteiger charge is -2.12. The van der Waals surface area contributed by atoms with E-state index in [1.807, 2.05) is 0 Å². The van der Waals surface area contributed by atoms with E-state index in [0.29, 0.717) is 19.1 Å². The Balaban J connectivity index is 0. The van der Waals surface area contributed by atoms with E-state index in [4.69, 9.17) is 9.47 Å². The van der Waals surface area contributed by atoms with Crippen molar-refractivity contribution in [3.63, 3.8) is 0 Å². The van der Waals surface area contributed by atoms with Crippen LogP contribution in [0.3, 0.4) is 0 Å². The molecule has 132 valence electrons. The van der Waals surface area contributed by atoms with Gasteiger partial charge < -0.3 is 25.4 Å². The Kier molecular flexibility index (Phi) is 19.8. The molecule has 0 heterocycles. The monoisotopic (exact) mass is 430 g/mol. The van der Waals surface area contributed by atoms with Crippen LogP contribution in [0.4, 0.5) is 0 Å². The number of hydrogen-bond acceptors (Lipinski definition) is 4. The average molecular weight is 430 g/mol. The molecule has 0 aliphatic carbocycles. The molecule has 0 saturated carbocycles. The lowest BCUT2D eigenvalue weighted by Crippen LogP contribution is -2.44. The number of halogens is 1. The molecule has 22 heavy (non-hydrogen) atoms. The molecule has 0 bridgehead atoms. The molecule has 0 spiro atoms. The summed E-state index contributed by atoms with van der Waals surface area (Å²) in [6.45, 7) is 5.68. The van der Waals surface area contributed by atoms with Crippen molar-refractivity contribution in [3.05, 3.63) is 0 Å². The van der Waals surface area contributed by atoms with Gasteiger partial charge in [0.15, 0.2) is 5.96 Å². The summed E-state index contributed by atoms with van der Waals surface area (Å²) in [7, 11) is 3.28. The van der Waals surface area contributed by atoms with Crippen LogP contribution in [-0.2, 0) is 14.3 Å². The maximum absolute atomic E-state index is 11.5. The fourth-order valence-electron chi connectivity index (χ4n) is 1.47. The predicted octanol–water partition coefficient (Wildman–Crippen LogP) is 0.739. The summed E-state index contributed by atoms with van der Waals surface area (Å²) in [5.74, 6) is 0.531. The fourth-order valence-corrected chi connectivity index (χ4v) is 1.47. The lowest BCUT2D eigenvalue weighted by atomic mass is 10.4. The number of rotatable bonds is 12. The minimum Gasteiger partial charge on any atom is -0.383 e. The van der Waals surface area contributed by atoms with Gasteiger partial charge in [0.25, 0.3) is 0 Å². The first-order valence-corrected chi connectivity index (χ1v) is 7.52. The number of nitrogens with one attached hydrogen (secondary N) is 3. The minimum atomic E-state index is -0.0853. The number of ether oxygens (including phenoxy) is 2. The molecule has 0 rings (SSSR count). The van der Waals surface area contributed by atoms with Crippen LogP contribution in [0.15, 0.2) is 4.99 Å². The Morgan fingerprint density at radius 1 is 1.05 bits per heavy atom. The third-order valence-corrected chi connectivity index (χ3v) is 2.67. The maximum Gasteiger partial charge on any atom is 0.239 e. The molecule has 0 aromatic carbocycles. The summed E-state index contributed by atoms with van der Waals surface area (Å²) in [4.78, 5) is 15.5. The van der Waals surface area contributed by atoms with Gasteiger partial charge in [0.2, 0.25) is 5.91 Å². The zero-order valence-electron chi connectivity index (χ0n) is 13.9. The molecule has 0 aliphatic rings. The van der Waals surface area contributed by atoms with E-state index in [1.165, 1.54) is 0 Å². The number of guanidine groups is 1. The third-order valence-electron chi connectivity index (χ3n) is 2.67. The molecule has 0 fully saturated rings. The van der Waals surface area contributed by atoms with Gasteiger partial charge >= 0.3 is 0 Å². The van der Waals surface area contributed by atoms with Crippen LogP contribution in [0.2, 0.25) is 0 Å². The first-order chi connectivity index (χ1) is 10.2. The summed E-state index contributed by atoms with van der Waals surface area (Å²) in [5.41, 5.74) is 0.